The van der Waals surface area contributed by atoms with E-state index in [2.05, 4.69) is 127 Å². The molecule has 1 aliphatic rings. The lowest BCUT2D eigenvalue weighted by molar-refractivity contribution is 0.0783. The van der Waals surface area contributed by atoms with Gasteiger partial charge in [0.05, 0.1) is 0 Å². The molecule has 32 heavy (non-hydrogen) atoms. The van der Waals surface area contributed by atoms with E-state index in [-0.39, 0.29) is 5.92 Å². The van der Waals surface area contributed by atoms with E-state index in [0.29, 0.717) is 0 Å². The average Bonchev–Trinajstić information content (AvgIpc) is 2.89. The Morgan fingerprint density at radius 1 is 0.562 bits per heavy atom. The second-order valence-corrected chi connectivity index (χ2v) is 8.53. The van der Waals surface area contributed by atoms with Gasteiger partial charge in [-0.1, -0.05) is 121 Å². The van der Waals surface area contributed by atoms with Crippen molar-refractivity contribution in [2.45, 2.75) is 17.9 Å². The van der Waals surface area contributed by atoms with Crippen molar-refractivity contribution in [1.82, 2.24) is 0 Å². The first kappa shape index (κ1) is 18.9. The van der Waals surface area contributed by atoms with Crippen molar-refractivity contribution in [3.05, 3.63) is 150 Å². The number of hydrogen-bond donors (Lipinski definition) is 0. The van der Waals surface area contributed by atoms with Crippen molar-refractivity contribution in [2.75, 3.05) is 0 Å². The zero-order valence-electron chi connectivity index (χ0n) is 17.8. The standard InChI is InChI=1S/C31H24O/c1-4-12-23(13-5-1)28-22-31(25-15-6-2-7-16-25,26-17-8-3-9-18-26)32-29-21-20-24-14-10-11-19-27(24)30(28)29/h1-21,28H,22H2. The molecule has 1 atom stereocenters. The summed E-state index contributed by atoms with van der Waals surface area (Å²) in [7, 11) is 0. The molecule has 0 amide bonds. The van der Waals surface area contributed by atoms with Crippen LogP contribution in [0, 0.1) is 0 Å². The van der Waals surface area contributed by atoms with Gasteiger partial charge in [-0.25, -0.2) is 0 Å². The van der Waals surface area contributed by atoms with Gasteiger partial charge in [-0.15, -0.1) is 0 Å². The lowest BCUT2D eigenvalue weighted by Crippen LogP contribution is -2.40. The van der Waals surface area contributed by atoms with Crippen LogP contribution in [0.2, 0.25) is 0 Å². The van der Waals surface area contributed by atoms with Crippen LogP contribution >= 0.6 is 0 Å². The summed E-state index contributed by atoms with van der Waals surface area (Å²) in [6.07, 6.45) is 0.839. The smallest absolute Gasteiger partial charge is 0.160 e. The highest BCUT2D eigenvalue weighted by Crippen LogP contribution is 2.53. The van der Waals surface area contributed by atoms with Crippen LogP contribution in [0.4, 0.5) is 0 Å². The third kappa shape index (κ3) is 3.01. The number of ether oxygens (including phenoxy) is 1. The number of rotatable bonds is 3. The van der Waals surface area contributed by atoms with Crippen LogP contribution in [0.15, 0.2) is 127 Å². The largest absolute Gasteiger partial charge is 0.477 e. The minimum absolute atomic E-state index is 0.214. The fourth-order valence-corrected chi connectivity index (χ4v) is 5.25. The third-order valence-electron chi connectivity index (χ3n) is 6.74. The van der Waals surface area contributed by atoms with E-state index in [9.17, 15) is 0 Å². The molecule has 154 valence electrons. The van der Waals surface area contributed by atoms with Crippen LogP contribution in [0.25, 0.3) is 10.8 Å². The van der Waals surface area contributed by atoms with Gasteiger partial charge in [0.25, 0.3) is 0 Å². The van der Waals surface area contributed by atoms with Crippen LogP contribution in [-0.4, -0.2) is 0 Å². The molecule has 0 bridgehead atoms. The van der Waals surface area contributed by atoms with Gasteiger partial charge in [0, 0.05) is 17.9 Å². The van der Waals surface area contributed by atoms with E-state index < -0.39 is 5.60 Å². The lowest BCUT2D eigenvalue weighted by atomic mass is 9.72. The lowest BCUT2D eigenvalue weighted by Gasteiger charge is -2.44. The molecule has 0 N–H and O–H groups in total. The quantitative estimate of drug-likeness (QED) is 0.295. The summed E-state index contributed by atoms with van der Waals surface area (Å²) >= 11 is 0. The highest BCUT2D eigenvalue weighted by molar-refractivity contribution is 5.89. The second kappa shape index (κ2) is 7.69. The van der Waals surface area contributed by atoms with Crippen molar-refractivity contribution in [1.29, 1.82) is 0 Å². The van der Waals surface area contributed by atoms with E-state index in [1.807, 2.05) is 0 Å². The maximum absolute atomic E-state index is 7.05. The molecule has 5 aromatic carbocycles. The van der Waals surface area contributed by atoms with E-state index >= 15 is 0 Å². The van der Waals surface area contributed by atoms with E-state index in [1.165, 1.54) is 33.0 Å². The zero-order valence-corrected chi connectivity index (χ0v) is 17.8. The van der Waals surface area contributed by atoms with Gasteiger partial charge in [-0.3, -0.25) is 0 Å². The van der Waals surface area contributed by atoms with Crippen LogP contribution < -0.4 is 4.74 Å². The number of hydrogen-bond acceptors (Lipinski definition) is 1. The second-order valence-electron chi connectivity index (χ2n) is 8.53. The molecular formula is C31H24O. The third-order valence-corrected chi connectivity index (χ3v) is 6.74. The van der Waals surface area contributed by atoms with Crippen molar-refractivity contribution in [2.24, 2.45) is 0 Å². The Hall–Kier alpha value is -3.84. The molecule has 1 heterocycles. The Bertz CT molecular complexity index is 1320. The molecule has 0 saturated carbocycles. The first-order chi connectivity index (χ1) is 15.9. The van der Waals surface area contributed by atoms with Crippen molar-refractivity contribution in [3.8, 4) is 5.75 Å². The molecule has 0 spiro atoms. The molecule has 6 rings (SSSR count). The minimum Gasteiger partial charge on any atom is -0.477 e. The molecule has 1 heteroatoms. The molecular weight excluding hydrogens is 388 g/mol. The Morgan fingerprint density at radius 3 is 1.78 bits per heavy atom. The Balaban J connectivity index is 1.66. The van der Waals surface area contributed by atoms with Crippen LogP contribution in [-0.2, 0) is 5.60 Å². The van der Waals surface area contributed by atoms with Crippen molar-refractivity contribution in [3.63, 3.8) is 0 Å². The van der Waals surface area contributed by atoms with Crippen molar-refractivity contribution < 1.29 is 4.74 Å². The fraction of sp³-hybridized carbons (Fsp3) is 0.0968. The molecule has 0 radical (unpaired) electrons. The summed E-state index contributed by atoms with van der Waals surface area (Å²) in [6.45, 7) is 0. The maximum Gasteiger partial charge on any atom is 0.160 e. The summed E-state index contributed by atoms with van der Waals surface area (Å²) in [5, 5.41) is 2.52. The summed E-state index contributed by atoms with van der Waals surface area (Å²) in [5.41, 5.74) is 4.43. The van der Waals surface area contributed by atoms with Gasteiger partial charge in [-0.05, 0) is 33.5 Å². The van der Waals surface area contributed by atoms with Crippen LogP contribution in [0.1, 0.15) is 34.6 Å². The van der Waals surface area contributed by atoms with Gasteiger partial charge in [0.15, 0.2) is 5.60 Å². The maximum atomic E-state index is 7.05. The SMILES string of the molecule is c1ccc(C2CC(c3ccccc3)(c3ccccc3)Oc3ccc4ccccc4c32)cc1. The van der Waals surface area contributed by atoms with Gasteiger partial charge < -0.3 is 4.74 Å². The van der Waals surface area contributed by atoms with Crippen LogP contribution in [0.5, 0.6) is 5.75 Å². The first-order valence-corrected chi connectivity index (χ1v) is 11.2. The Kier molecular flexibility index (Phi) is 4.54. The van der Waals surface area contributed by atoms with E-state index in [0.717, 1.165) is 12.2 Å². The molecule has 0 fully saturated rings. The molecule has 0 aromatic heterocycles. The number of fused-ring (bicyclic) bond motifs is 3. The minimum atomic E-state index is -0.557. The Labute approximate surface area is 188 Å². The number of benzene rings is 5. The molecule has 0 aliphatic carbocycles. The van der Waals surface area contributed by atoms with Gasteiger partial charge in [-0.2, -0.15) is 0 Å². The molecule has 1 aliphatic heterocycles. The van der Waals surface area contributed by atoms with Gasteiger partial charge >= 0.3 is 0 Å². The average molecular weight is 413 g/mol. The Morgan fingerprint density at radius 2 is 1.12 bits per heavy atom. The van der Waals surface area contributed by atoms with Gasteiger partial charge in [0.2, 0.25) is 0 Å². The van der Waals surface area contributed by atoms with Crippen LogP contribution in [0.3, 0.4) is 0 Å². The topological polar surface area (TPSA) is 9.23 Å². The summed E-state index contributed by atoms with van der Waals surface area (Å²) in [6, 6.07) is 45.2. The molecule has 5 aromatic rings. The normalized spacial score (nSPS) is 16.8. The predicted octanol–water partition coefficient (Wildman–Crippen LogP) is 7.70. The molecule has 1 nitrogen and oxygen atoms in total. The zero-order chi connectivity index (χ0) is 21.4. The summed E-state index contributed by atoms with van der Waals surface area (Å²) in [5.74, 6) is 1.18. The monoisotopic (exact) mass is 412 g/mol. The fourth-order valence-electron chi connectivity index (χ4n) is 5.25. The van der Waals surface area contributed by atoms with E-state index in [1.54, 1.807) is 0 Å². The van der Waals surface area contributed by atoms with E-state index in [4.69, 9.17) is 4.74 Å². The highest BCUT2D eigenvalue weighted by atomic mass is 16.5. The highest BCUT2D eigenvalue weighted by Gasteiger charge is 2.44. The molecule has 0 saturated heterocycles. The first-order valence-electron chi connectivity index (χ1n) is 11.2. The summed E-state index contributed by atoms with van der Waals surface area (Å²) < 4.78 is 7.05. The van der Waals surface area contributed by atoms with Crippen molar-refractivity contribution >= 4 is 10.8 Å². The predicted molar refractivity (Wildman–Crippen MR) is 131 cm³/mol. The summed E-state index contributed by atoms with van der Waals surface area (Å²) in [4.78, 5) is 0. The molecule has 1 unspecified atom stereocenters. The van der Waals surface area contributed by atoms with Gasteiger partial charge in [0.1, 0.15) is 5.75 Å².